The van der Waals surface area contributed by atoms with Crippen LogP contribution in [0.2, 0.25) is 0 Å². The number of hydrogen-bond donors (Lipinski definition) is 3. The summed E-state index contributed by atoms with van der Waals surface area (Å²) in [5, 5.41) is 16.3. The fourth-order valence-corrected chi connectivity index (χ4v) is 4.99. The summed E-state index contributed by atoms with van der Waals surface area (Å²) in [6.07, 6.45) is 4.11. The van der Waals surface area contributed by atoms with Gasteiger partial charge in [-0.2, -0.15) is 9.40 Å². The molecule has 0 bridgehead atoms. The topological polar surface area (TPSA) is 145 Å². The molecule has 3 aromatic rings. The van der Waals surface area contributed by atoms with E-state index in [1.54, 1.807) is 24.5 Å². The van der Waals surface area contributed by atoms with Gasteiger partial charge in [-0.3, -0.25) is 19.7 Å². The van der Waals surface area contributed by atoms with Gasteiger partial charge in [-0.1, -0.05) is 6.07 Å². The van der Waals surface area contributed by atoms with Crippen LogP contribution in [0.3, 0.4) is 0 Å². The molecule has 1 aromatic carbocycles. The lowest BCUT2D eigenvalue weighted by atomic mass is 10.2. The van der Waals surface area contributed by atoms with Gasteiger partial charge in [0.1, 0.15) is 17.7 Å². The number of benzene rings is 1. The normalized spacial score (nSPS) is 16.1. The third-order valence-corrected chi connectivity index (χ3v) is 6.68. The summed E-state index contributed by atoms with van der Waals surface area (Å²) >= 11 is 0. The molecule has 3 heterocycles. The van der Waals surface area contributed by atoms with E-state index in [1.165, 1.54) is 12.1 Å². The van der Waals surface area contributed by atoms with Crippen molar-refractivity contribution in [1.82, 2.24) is 19.5 Å². The molecule has 1 aliphatic rings. The molecule has 1 saturated heterocycles. The number of carbonyl (C=O) groups excluding carboxylic acids is 1. The minimum atomic E-state index is -3.92. The standard InChI is InChI=1S/C19H18FN5O3S.CH2O2/c20-13-6-8-14(9-7-13)29(27,28)25-11-3-5-17(25)19(26)23-18-15(12-22-24-18)16-4-1-2-10-21-16;2-1-3/h1-2,4,6-10,12,17H,3,5,11H2,(H2,22,23,24,26);1H,(H,2,3). The molecule has 0 spiro atoms. The molecule has 4 rings (SSSR count). The Morgan fingerprint density at radius 1 is 1.25 bits per heavy atom. The van der Waals surface area contributed by atoms with Crippen LogP contribution in [0.25, 0.3) is 11.3 Å². The molecule has 1 atom stereocenters. The first-order valence-electron chi connectivity index (χ1n) is 9.49. The number of hydrogen-bond acceptors (Lipinski definition) is 6. The first kappa shape index (κ1) is 23.0. The van der Waals surface area contributed by atoms with Crippen molar-refractivity contribution in [1.29, 1.82) is 0 Å². The van der Waals surface area contributed by atoms with Crippen molar-refractivity contribution >= 4 is 28.2 Å². The molecule has 12 heteroatoms. The molecule has 0 aliphatic carbocycles. The number of pyridine rings is 1. The van der Waals surface area contributed by atoms with Crippen LogP contribution in [-0.2, 0) is 19.6 Å². The van der Waals surface area contributed by atoms with Crippen molar-refractivity contribution in [3.8, 4) is 11.3 Å². The fraction of sp³-hybridized carbons (Fsp3) is 0.200. The van der Waals surface area contributed by atoms with Gasteiger partial charge >= 0.3 is 0 Å². The summed E-state index contributed by atoms with van der Waals surface area (Å²) < 4.78 is 40.2. The average molecular weight is 461 g/mol. The number of anilines is 1. The first-order chi connectivity index (χ1) is 15.4. The summed E-state index contributed by atoms with van der Waals surface area (Å²) in [5.74, 6) is -0.643. The van der Waals surface area contributed by atoms with E-state index in [-0.39, 0.29) is 17.9 Å². The van der Waals surface area contributed by atoms with Gasteiger partial charge in [0.05, 0.1) is 22.3 Å². The lowest BCUT2D eigenvalue weighted by Gasteiger charge is -2.23. The number of H-pyrrole nitrogens is 1. The Balaban J connectivity index is 0.000000913. The van der Waals surface area contributed by atoms with Gasteiger partial charge < -0.3 is 10.4 Å². The molecule has 32 heavy (non-hydrogen) atoms. The molecule has 0 radical (unpaired) electrons. The summed E-state index contributed by atoms with van der Waals surface area (Å²) in [6, 6.07) is 9.07. The van der Waals surface area contributed by atoms with E-state index >= 15 is 0 Å². The number of carboxylic acid groups (broad SMARTS) is 1. The average Bonchev–Trinajstić information content (AvgIpc) is 3.45. The number of aromatic nitrogens is 3. The second-order valence-electron chi connectivity index (χ2n) is 6.70. The van der Waals surface area contributed by atoms with E-state index in [2.05, 4.69) is 20.5 Å². The molecule has 3 N–H and O–H groups in total. The van der Waals surface area contributed by atoms with Crippen LogP contribution in [0.4, 0.5) is 10.2 Å². The predicted octanol–water partition coefficient (Wildman–Crippen LogP) is 2.10. The fourth-order valence-electron chi connectivity index (χ4n) is 3.34. The largest absolute Gasteiger partial charge is 0.483 e. The second-order valence-corrected chi connectivity index (χ2v) is 8.59. The number of nitrogens with zero attached hydrogens (tertiary/aromatic N) is 3. The number of aromatic amines is 1. The molecule has 0 saturated carbocycles. The summed E-state index contributed by atoms with van der Waals surface area (Å²) in [5.41, 5.74) is 1.23. The van der Waals surface area contributed by atoms with Crippen molar-refractivity contribution < 1.29 is 27.5 Å². The van der Waals surface area contributed by atoms with Crippen LogP contribution >= 0.6 is 0 Å². The van der Waals surface area contributed by atoms with Crippen molar-refractivity contribution in [2.24, 2.45) is 0 Å². The van der Waals surface area contributed by atoms with Crippen molar-refractivity contribution in [2.45, 2.75) is 23.8 Å². The predicted molar refractivity (Wildman–Crippen MR) is 112 cm³/mol. The highest BCUT2D eigenvalue weighted by molar-refractivity contribution is 7.89. The first-order valence-corrected chi connectivity index (χ1v) is 10.9. The number of halogens is 1. The summed E-state index contributed by atoms with van der Waals surface area (Å²) in [6.45, 7) is -0.0339. The van der Waals surface area contributed by atoms with Crippen molar-refractivity contribution in [3.63, 3.8) is 0 Å². The highest BCUT2D eigenvalue weighted by Gasteiger charge is 2.39. The SMILES string of the molecule is O=C(Nc1[nH]ncc1-c1ccccn1)C1CCCN1S(=O)(=O)c1ccc(F)cc1.O=CO. The van der Waals surface area contributed by atoms with Crippen molar-refractivity contribution in [2.75, 3.05) is 11.9 Å². The molecule has 10 nitrogen and oxygen atoms in total. The number of nitrogens with one attached hydrogen (secondary N) is 2. The number of sulfonamides is 1. The third kappa shape index (κ3) is 4.98. The van der Waals surface area contributed by atoms with Gasteiger partial charge in [-0.25, -0.2) is 12.8 Å². The van der Waals surface area contributed by atoms with Crippen LogP contribution in [-0.4, -0.2) is 58.0 Å². The van der Waals surface area contributed by atoms with Gasteiger partial charge in [0.2, 0.25) is 15.9 Å². The van der Waals surface area contributed by atoms with Crippen molar-refractivity contribution in [3.05, 3.63) is 60.7 Å². The van der Waals surface area contributed by atoms with E-state index in [4.69, 9.17) is 9.90 Å². The lowest BCUT2D eigenvalue weighted by Crippen LogP contribution is -2.43. The maximum atomic E-state index is 13.2. The van der Waals surface area contributed by atoms with E-state index in [1.807, 2.05) is 6.07 Å². The highest BCUT2D eigenvalue weighted by atomic mass is 32.2. The number of amides is 1. The molecular formula is C20H20FN5O5S. The Kier molecular flexibility index (Phi) is 7.28. The lowest BCUT2D eigenvalue weighted by molar-refractivity contribution is -0.123. The molecule has 1 fully saturated rings. The van der Waals surface area contributed by atoms with Crippen LogP contribution in [0, 0.1) is 5.82 Å². The third-order valence-electron chi connectivity index (χ3n) is 4.75. The zero-order chi connectivity index (χ0) is 23.1. The quantitative estimate of drug-likeness (QED) is 0.493. The Bertz CT molecular complexity index is 1170. The zero-order valence-electron chi connectivity index (χ0n) is 16.7. The minimum absolute atomic E-state index is 0.0469. The Morgan fingerprint density at radius 2 is 1.97 bits per heavy atom. The van der Waals surface area contributed by atoms with Crippen LogP contribution in [0.15, 0.2) is 59.8 Å². The van der Waals surface area contributed by atoms with Crippen LogP contribution in [0.1, 0.15) is 12.8 Å². The molecule has 1 unspecified atom stereocenters. The van der Waals surface area contributed by atoms with Crippen LogP contribution in [0.5, 0.6) is 0 Å². The maximum absolute atomic E-state index is 13.2. The number of carbonyl (C=O) groups is 2. The monoisotopic (exact) mass is 461 g/mol. The second kappa shape index (κ2) is 10.1. The molecule has 2 aromatic heterocycles. The van der Waals surface area contributed by atoms with E-state index in [9.17, 15) is 17.6 Å². The van der Waals surface area contributed by atoms with E-state index < -0.39 is 27.8 Å². The molecule has 1 amide bonds. The minimum Gasteiger partial charge on any atom is -0.483 e. The smallest absolute Gasteiger partial charge is 0.290 e. The van der Waals surface area contributed by atoms with Crippen LogP contribution < -0.4 is 5.32 Å². The van der Waals surface area contributed by atoms with E-state index in [0.29, 0.717) is 29.9 Å². The summed E-state index contributed by atoms with van der Waals surface area (Å²) in [4.78, 5) is 25.4. The Morgan fingerprint density at radius 3 is 2.62 bits per heavy atom. The Labute approximate surface area is 183 Å². The molecular weight excluding hydrogens is 441 g/mol. The van der Waals surface area contributed by atoms with Gasteiger partial charge in [0.15, 0.2) is 0 Å². The molecule has 168 valence electrons. The van der Waals surface area contributed by atoms with Gasteiger partial charge in [0.25, 0.3) is 6.47 Å². The highest BCUT2D eigenvalue weighted by Crippen LogP contribution is 2.29. The zero-order valence-corrected chi connectivity index (χ0v) is 17.5. The Hall–Kier alpha value is -3.64. The summed E-state index contributed by atoms with van der Waals surface area (Å²) in [7, 11) is -3.92. The van der Waals surface area contributed by atoms with E-state index in [0.717, 1.165) is 16.4 Å². The van der Waals surface area contributed by atoms with Gasteiger partial charge in [0, 0.05) is 12.7 Å². The maximum Gasteiger partial charge on any atom is 0.290 e. The molecule has 1 aliphatic heterocycles. The number of rotatable bonds is 5. The van der Waals surface area contributed by atoms with Gasteiger partial charge in [-0.15, -0.1) is 0 Å². The van der Waals surface area contributed by atoms with Gasteiger partial charge in [-0.05, 0) is 49.2 Å².